The van der Waals surface area contributed by atoms with E-state index < -0.39 is 17.2 Å². The van der Waals surface area contributed by atoms with Gasteiger partial charge in [-0.3, -0.25) is 9.78 Å². The maximum Gasteiger partial charge on any atom is 0.252 e. The lowest BCUT2D eigenvalue weighted by molar-refractivity contribution is 0.580. The van der Waals surface area contributed by atoms with E-state index in [4.69, 9.17) is 5.73 Å². The third-order valence-electron chi connectivity index (χ3n) is 2.12. The molecular weight excluding hydrogens is 228 g/mol. The third kappa shape index (κ3) is 2.87. The molecule has 4 nitrogen and oxygen atoms in total. The Morgan fingerprint density at radius 3 is 2.41 bits per heavy atom. The predicted octanol–water partition coefficient (Wildman–Crippen LogP) is 1.22. The predicted molar refractivity (Wildman–Crippen MR) is 58.4 cm³/mol. The first-order valence-corrected chi connectivity index (χ1v) is 4.83. The second-order valence-electron chi connectivity index (χ2n) is 3.58. The first-order chi connectivity index (χ1) is 8.02. The molecule has 6 heteroatoms. The fourth-order valence-electron chi connectivity index (χ4n) is 1.54. The molecule has 0 amide bonds. The Balaban J connectivity index is 2.34. The molecule has 0 spiro atoms. The van der Waals surface area contributed by atoms with Crippen molar-refractivity contribution in [3.8, 4) is 0 Å². The molecule has 2 rings (SSSR count). The summed E-state index contributed by atoms with van der Waals surface area (Å²) >= 11 is 0. The van der Waals surface area contributed by atoms with Crippen LogP contribution in [-0.2, 0) is 6.42 Å². The van der Waals surface area contributed by atoms with Gasteiger partial charge in [0.15, 0.2) is 0 Å². The van der Waals surface area contributed by atoms with Crippen molar-refractivity contribution in [3.05, 3.63) is 57.5 Å². The number of benzene rings is 1. The number of nitrogens with two attached hydrogens (primary N) is 1. The van der Waals surface area contributed by atoms with Gasteiger partial charge in [0, 0.05) is 18.6 Å². The van der Waals surface area contributed by atoms with Crippen molar-refractivity contribution in [2.75, 3.05) is 5.73 Å². The summed E-state index contributed by atoms with van der Waals surface area (Å²) in [4.78, 5) is 17.3. The Hall–Kier alpha value is -2.24. The summed E-state index contributed by atoms with van der Waals surface area (Å²) in [5, 5.41) is 0. The first-order valence-electron chi connectivity index (χ1n) is 4.83. The van der Waals surface area contributed by atoms with Crippen LogP contribution in [0.25, 0.3) is 0 Å². The van der Waals surface area contributed by atoms with Gasteiger partial charge in [-0.1, -0.05) is 0 Å². The average Bonchev–Trinajstić information content (AvgIpc) is 2.13. The van der Waals surface area contributed by atoms with Gasteiger partial charge >= 0.3 is 0 Å². The molecule has 0 aliphatic rings. The average molecular weight is 237 g/mol. The Morgan fingerprint density at radius 1 is 1.18 bits per heavy atom. The fraction of sp³-hybridized carbons (Fsp3) is 0.0909. The maximum atomic E-state index is 12.9. The number of H-pyrrole nitrogens is 1. The van der Waals surface area contributed by atoms with Gasteiger partial charge in [-0.05, 0) is 17.7 Å². The van der Waals surface area contributed by atoms with Crippen LogP contribution in [0.2, 0.25) is 0 Å². The third-order valence-corrected chi connectivity index (χ3v) is 2.12. The van der Waals surface area contributed by atoms with Crippen LogP contribution in [0.5, 0.6) is 0 Å². The Kier molecular flexibility index (Phi) is 2.86. The van der Waals surface area contributed by atoms with Gasteiger partial charge in [-0.25, -0.2) is 13.8 Å². The van der Waals surface area contributed by atoms with Crippen molar-refractivity contribution in [3.63, 3.8) is 0 Å². The summed E-state index contributed by atoms with van der Waals surface area (Å²) in [5.74, 6) is -1.36. The number of nitrogen functional groups attached to an aromatic ring is 1. The second kappa shape index (κ2) is 4.32. The van der Waals surface area contributed by atoms with E-state index in [0.717, 1.165) is 6.07 Å². The minimum Gasteiger partial charge on any atom is -0.369 e. The number of nitrogens with zero attached hydrogens (tertiary/aromatic N) is 1. The van der Waals surface area contributed by atoms with Crippen molar-refractivity contribution >= 4 is 5.95 Å². The second-order valence-corrected chi connectivity index (χ2v) is 3.58. The van der Waals surface area contributed by atoms with E-state index in [1.807, 2.05) is 0 Å². The van der Waals surface area contributed by atoms with Crippen LogP contribution in [0.3, 0.4) is 0 Å². The van der Waals surface area contributed by atoms with Crippen molar-refractivity contribution in [2.45, 2.75) is 6.42 Å². The standard InChI is InChI=1S/C11H9F2N3O/c12-7-1-6(2-8(13)4-7)3-9-5-10(17)16-11(14)15-9/h1-2,4-5H,3H2,(H3,14,15,16,17). The minimum atomic E-state index is -0.669. The summed E-state index contributed by atoms with van der Waals surface area (Å²) in [7, 11) is 0. The zero-order valence-electron chi connectivity index (χ0n) is 8.71. The normalized spacial score (nSPS) is 10.5. The molecule has 0 bridgehead atoms. The van der Waals surface area contributed by atoms with E-state index in [0.29, 0.717) is 11.3 Å². The molecule has 3 N–H and O–H groups in total. The molecule has 1 heterocycles. The van der Waals surface area contributed by atoms with Crippen LogP contribution in [-0.4, -0.2) is 9.97 Å². The number of rotatable bonds is 2. The maximum absolute atomic E-state index is 12.9. The summed E-state index contributed by atoms with van der Waals surface area (Å²) < 4.78 is 25.9. The zero-order chi connectivity index (χ0) is 12.4. The van der Waals surface area contributed by atoms with Gasteiger partial charge in [0.05, 0.1) is 5.69 Å². The van der Waals surface area contributed by atoms with Crippen molar-refractivity contribution < 1.29 is 8.78 Å². The van der Waals surface area contributed by atoms with Crippen LogP contribution < -0.4 is 11.3 Å². The number of aromatic amines is 1. The quantitative estimate of drug-likeness (QED) is 0.824. The van der Waals surface area contributed by atoms with E-state index in [1.165, 1.54) is 18.2 Å². The van der Waals surface area contributed by atoms with Gasteiger partial charge in [0.2, 0.25) is 5.95 Å². The lowest BCUT2D eigenvalue weighted by atomic mass is 10.1. The van der Waals surface area contributed by atoms with E-state index in [2.05, 4.69) is 9.97 Å². The molecule has 0 unspecified atom stereocenters. The lowest BCUT2D eigenvalue weighted by Gasteiger charge is -2.02. The number of hydrogen-bond donors (Lipinski definition) is 2. The van der Waals surface area contributed by atoms with Gasteiger partial charge in [-0.15, -0.1) is 0 Å². The molecule has 17 heavy (non-hydrogen) atoms. The molecule has 0 fully saturated rings. The Labute approximate surface area is 95.1 Å². The van der Waals surface area contributed by atoms with Crippen molar-refractivity contribution in [1.82, 2.24) is 9.97 Å². The van der Waals surface area contributed by atoms with Crippen LogP contribution in [0.15, 0.2) is 29.1 Å². The molecule has 0 aliphatic carbocycles. The number of anilines is 1. The largest absolute Gasteiger partial charge is 0.369 e. The summed E-state index contributed by atoms with van der Waals surface area (Å²) in [6, 6.07) is 4.38. The Morgan fingerprint density at radius 2 is 1.82 bits per heavy atom. The number of halogens is 2. The van der Waals surface area contributed by atoms with Crippen molar-refractivity contribution in [1.29, 1.82) is 0 Å². The summed E-state index contributed by atoms with van der Waals surface area (Å²) in [6.07, 6.45) is 0.142. The van der Waals surface area contributed by atoms with Gasteiger partial charge in [0.25, 0.3) is 5.56 Å². The van der Waals surface area contributed by atoms with E-state index in [-0.39, 0.29) is 12.4 Å². The minimum absolute atomic E-state index is 0.0237. The number of aromatic nitrogens is 2. The number of hydrogen-bond acceptors (Lipinski definition) is 3. The molecule has 88 valence electrons. The summed E-state index contributed by atoms with van der Waals surface area (Å²) in [5.41, 5.74) is 5.71. The lowest BCUT2D eigenvalue weighted by Crippen LogP contribution is -2.12. The molecule has 0 radical (unpaired) electrons. The monoisotopic (exact) mass is 237 g/mol. The van der Waals surface area contributed by atoms with E-state index in [9.17, 15) is 13.6 Å². The fourth-order valence-corrected chi connectivity index (χ4v) is 1.54. The smallest absolute Gasteiger partial charge is 0.252 e. The molecule has 0 atom stereocenters. The highest BCUT2D eigenvalue weighted by Crippen LogP contribution is 2.11. The van der Waals surface area contributed by atoms with Crippen LogP contribution in [0.4, 0.5) is 14.7 Å². The van der Waals surface area contributed by atoms with Gasteiger partial charge in [0.1, 0.15) is 11.6 Å². The van der Waals surface area contributed by atoms with E-state index >= 15 is 0 Å². The molecule has 1 aromatic carbocycles. The topological polar surface area (TPSA) is 71.8 Å². The Bertz CT molecular complexity index is 590. The molecular formula is C11H9F2N3O. The number of nitrogens with one attached hydrogen (secondary N) is 1. The summed E-state index contributed by atoms with van der Waals surface area (Å²) in [6.45, 7) is 0. The molecule has 2 aromatic rings. The molecule has 0 saturated carbocycles. The van der Waals surface area contributed by atoms with E-state index in [1.54, 1.807) is 0 Å². The highest BCUT2D eigenvalue weighted by molar-refractivity contribution is 5.25. The highest BCUT2D eigenvalue weighted by Gasteiger charge is 2.04. The first kappa shape index (κ1) is 11.3. The van der Waals surface area contributed by atoms with Crippen LogP contribution in [0.1, 0.15) is 11.3 Å². The van der Waals surface area contributed by atoms with Crippen molar-refractivity contribution in [2.24, 2.45) is 0 Å². The van der Waals surface area contributed by atoms with Crippen LogP contribution in [0, 0.1) is 11.6 Å². The van der Waals surface area contributed by atoms with Gasteiger partial charge in [-0.2, -0.15) is 0 Å². The highest BCUT2D eigenvalue weighted by atomic mass is 19.1. The van der Waals surface area contributed by atoms with Crippen LogP contribution >= 0.6 is 0 Å². The van der Waals surface area contributed by atoms with Gasteiger partial charge < -0.3 is 5.73 Å². The molecule has 0 saturated heterocycles. The molecule has 1 aromatic heterocycles. The zero-order valence-corrected chi connectivity index (χ0v) is 8.71. The molecule has 0 aliphatic heterocycles. The SMILES string of the molecule is Nc1nc(Cc2cc(F)cc(F)c2)cc(=O)[nH]1.